The van der Waals surface area contributed by atoms with Crippen molar-refractivity contribution < 1.29 is 14.1 Å². The lowest BCUT2D eigenvalue weighted by molar-refractivity contribution is -0.900. The molecule has 1 aromatic heterocycles. The second kappa shape index (κ2) is 7.49. The van der Waals surface area contributed by atoms with Crippen molar-refractivity contribution in [2.24, 2.45) is 17.4 Å². The molecule has 2 aromatic rings. The number of rotatable bonds is 6. The summed E-state index contributed by atoms with van der Waals surface area (Å²) >= 11 is 0. The summed E-state index contributed by atoms with van der Waals surface area (Å²) in [6, 6.07) is 12.6. The zero-order valence-corrected chi connectivity index (χ0v) is 17.4. The van der Waals surface area contributed by atoms with Gasteiger partial charge in [0, 0.05) is 30.0 Å². The summed E-state index contributed by atoms with van der Waals surface area (Å²) in [5, 5.41) is 0. The molecule has 7 nitrogen and oxygen atoms in total. The molecule has 2 amide bonds. The summed E-state index contributed by atoms with van der Waals surface area (Å²) in [5.41, 5.74) is 20.0. The average molecular weight is 409 g/mol. The number of nitrogens with two attached hydrogens (primary N) is 3. The zero-order chi connectivity index (χ0) is 21.5. The van der Waals surface area contributed by atoms with Crippen molar-refractivity contribution in [3.63, 3.8) is 0 Å². The molecule has 1 aliphatic carbocycles. The molecule has 2 heterocycles. The Balaban J connectivity index is 1.74. The number of carbonyl (C=O) groups excluding carboxylic acids is 2. The number of fused-ring (bicyclic) bond motifs is 1. The summed E-state index contributed by atoms with van der Waals surface area (Å²) in [6.45, 7) is 2.80. The minimum absolute atomic E-state index is 0.00651. The highest BCUT2D eigenvalue weighted by molar-refractivity contribution is 5.91. The number of anilines is 1. The lowest BCUT2D eigenvalue weighted by Gasteiger charge is -2.46. The predicted molar refractivity (Wildman–Crippen MR) is 115 cm³/mol. The van der Waals surface area contributed by atoms with E-state index in [9.17, 15) is 9.59 Å². The third-order valence-electron chi connectivity index (χ3n) is 7.05. The molecule has 0 bridgehead atoms. The predicted octanol–water partition coefficient (Wildman–Crippen LogP) is 1.42. The number of primary amides is 1. The molecule has 2 fully saturated rings. The molecular weight excluding hydrogens is 378 g/mol. The van der Waals surface area contributed by atoms with Crippen LogP contribution in [-0.2, 0) is 22.6 Å². The van der Waals surface area contributed by atoms with Crippen LogP contribution in [0.5, 0.6) is 0 Å². The molecule has 2 aliphatic rings. The van der Waals surface area contributed by atoms with Gasteiger partial charge < -0.3 is 17.2 Å². The van der Waals surface area contributed by atoms with Gasteiger partial charge in [-0.1, -0.05) is 30.3 Å². The zero-order valence-electron chi connectivity index (χ0n) is 17.4. The lowest BCUT2D eigenvalue weighted by atomic mass is 9.92. The van der Waals surface area contributed by atoms with E-state index in [-0.39, 0.29) is 16.3 Å². The standard InChI is InChI=1S/C23H29N5O2/c1-15-17(9-10-20(25)27-15)14-28(11-5-8-18-13-23(18,28)22(26)30)21(29)19(24)12-16-6-3-2-4-7-16/h2-4,6-7,9-10,18-19H,5,8,11-14,24H2,1H3,(H3-,25,26,27,30)/p+1/t18-,19?,23+,28?/m1/s1. The summed E-state index contributed by atoms with van der Waals surface area (Å²) in [4.78, 5) is 31.0. The molecule has 2 unspecified atom stereocenters. The minimum atomic E-state index is -0.864. The number of likely N-dealkylation sites (tertiary alicyclic amines) is 1. The monoisotopic (exact) mass is 408 g/mol. The Labute approximate surface area is 176 Å². The fraction of sp³-hybridized carbons (Fsp3) is 0.435. The van der Waals surface area contributed by atoms with Crippen molar-refractivity contribution in [1.29, 1.82) is 0 Å². The number of aryl methyl sites for hydroxylation is 1. The van der Waals surface area contributed by atoms with E-state index in [2.05, 4.69) is 4.98 Å². The number of nitrogens with zero attached hydrogens (tertiary/aromatic N) is 2. The number of nitrogen functional groups attached to an aromatic ring is 1. The quantitative estimate of drug-likeness (QED) is 0.624. The van der Waals surface area contributed by atoms with Gasteiger partial charge in [-0.15, -0.1) is 0 Å². The molecule has 158 valence electrons. The molecule has 1 aromatic carbocycles. The fourth-order valence-corrected chi connectivity index (χ4v) is 5.45. The summed E-state index contributed by atoms with van der Waals surface area (Å²) in [5.74, 6) is 0.0609. The summed E-state index contributed by atoms with van der Waals surface area (Å²) in [6.07, 6.45) is 2.86. The smallest absolute Gasteiger partial charge is 0.332 e. The van der Waals surface area contributed by atoms with Crippen LogP contribution in [0, 0.1) is 12.8 Å². The summed E-state index contributed by atoms with van der Waals surface area (Å²) in [7, 11) is 0. The Morgan fingerprint density at radius 2 is 1.97 bits per heavy atom. The summed E-state index contributed by atoms with van der Waals surface area (Å²) < 4.78 is -0.00651. The van der Waals surface area contributed by atoms with Crippen molar-refractivity contribution in [2.75, 3.05) is 12.3 Å². The van der Waals surface area contributed by atoms with Crippen molar-refractivity contribution in [3.8, 4) is 0 Å². The van der Waals surface area contributed by atoms with Crippen LogP contribution in [0.15, 0.2) is 42.5 Å². The molecule has 0 radical (unpaired) electrons. The maximum absolute atomic E-state index is 13.9. The van der Waals surface area contributed by atoms with Gasteiger partial charge in [0.2, 0.25) is 0 Å². The van der Waals surface area contributed by atoms with Crippen LogP contribution in [-0.4, -0.2) is 39.4 Å². The Hall–Kier alpha value is -2.77. The van der Waals surface area contributed by atoms with Crippen molar-refractivity contribution in [1.82, 2.24) is 4.98 Å². The molecule has 4 rings (SSSR count). The van der Waals surface area contributed by atoms with Crippen LogP contribution in [0.3, 0.4) is 0 Å². The third-order valence-corrected chi connectivity index (χ3v) is 7.05. The molecule has 1 saturated carbocycles. The molecule has 6 N–H and O–H groups in total. The van der Waals surface area contributed by atoms with E-state index in [0.717, 1.165) is 29.7 Å². The molecule has 4 atom stereocenters. The minimum Gasteiger partial charge on any atom is -0.384 e. The van der Waals surface area contributed by atoms with E-state index in [1.165, 1.54) is 0 Å². The van der Waals surface area contributed by atoms with E-state index < -0.39 is 17.5 Å². The largest absolute Gasteiger partial charge is 0.384 e. The molecule has 1 saturated heterocycles. The maximum atomic E-state index is 13.9. The van der Waals surface area contributed by atoms with Crippen LogP contribution in [0.1, 0.15) is 36.1 Å². The highest BCUT2D eigenvalue weighted by Crippen LogP contribution is 2.59. The Morgan fingerprint density at radius 3 is 2.63 bits per heavy atom. The van der Waals surface area contributed by atoms with E-state index in [1.54, 1.807) is 6.07 Å². The van der Waals surface area contributed by atoms with Crippen LogP contribution in [0.2, 0.25) is 0 Å². The second-order valence-electron chi connectivity index (χ2n) is 8.80. The van der Waals surface area contributed by atoms with E-state index >= 15 is 0 Å². The van der Waals surface area contributed by atoms with Crippen molar-refractivity contribution in [2.45, 2.75) is 50.7 Å². The number of pyridine rings is 1. The van der Waals surface area contributed by atoms with Gasteiger partial charge in [-0.2, -0.15) is 0 Å². The number of carbonyl (C=O) groups is 2. The number of hydrogen-bond acceptors (Lipinski definition) is 5. The van der Waals surface area contributed by atoms with E-state index in [0.29, 0.717) is 31.7 Å². The second-order valence-corrected chi connectivity index (χ2v) is 8.80. The van der Waals surface area contributed by atoms with E-state index in [4.69, 9.17) is 17.2 Å². The Kier molecular flexibility index (Phi) is 5.11. The first-order chi connectivity index (χ1) is 14.3. The van der Waals surface area contributed by atoms with Gasteiger partial charge in [-0.25, -0.2) is 14.3 Å². The number of hydrogen-bond donors (Lipinski definition) is 3. The number of benzene rings is 1. The highest BCUT2D eigenvalue weighted by atomic mass is 16.2. The number of piperidine rings is 1. The van der Waals surface area contributed by atoms with Crippen LogP contribution in [0.25, 0.3) is 0 Å². The molecule has 30 heavy (non-hydrogen) atoms. The van der Waals surface area contributed by atoms with Gasteiger partial charge in [0.1, 0.15) is 18.4 Å². The van der Waals surface area contributed by atoms with Crippen molar-refractivity contribution >= 4 is 17.6 Å². The molecule has 0 spiro atoms. The highest BCUT2D eigenvalue weighted by Gasteiger charge is 2.76. The van der Waals surface area contributed by atoms with Gasteiger partial charge in [-0.05, 0) is 37.5 Å². The lowest BCUT2D eigenvalue weighted by Crippen LogP contribution is -2.70. The first kappa shape index (κ1) is 20.5. The van der Waals surface area contributed by atoms with Crippen LogP contribution < -0.4 is 17.2 Å². The topological polar surface area (TPSA) is 125 Å². The first-order valence-electron chi connectivity index (χ1n) is 10.5. The Morgan fingerprint density at radius 1 is 1.23 bits per heavy atom. The SMILES string of the molecule is Cc1nc(N)ccc1C[N+]1(C(=O)C(N)Cc2ccccc2)CCC[C@@H]2C[C@@]21C(N)=O. The molecule has 1 aliphatic heterocycles. The van der Waals surface area contributed by atoms with Crippen LogP contribution >= 0.6 is 0 Å². The average Bonchev–Trinajstić information content (AvgIpc) is 3.47. The van der Waals surface area contributed by atoms with Gasteiger partial charge in [0.05, 0.1) is 6.54 Å². The van der Waals surface area contributed by atoms with Gasteiger partial charge in [0.25, 0.3) is 5.91 Å². The maximum Gasteiger partial charge on any atom is 0.332 e. The van der Waals surface area contributed by atoms with Crippen molar-refractivity contribution in [3.05, 3.63) is 59.3 Å². The first-order valence-corrected chi connectivity index (χ1v) is 10.5. The number of quaternary nitrogens is 1. The number of amides is 2. The van der Waals surface area contributed by atoms with Gasteiger partial charge >= 0.3 is 5.91 Å². The van der Waals surface area contributed by atoms with Gasteiger partial charge in [-0.3, -0.25) is 4.79 Å². The van der Waals surface area contributed by atoms with Crippen LogP contribution in [0.4, 0.5) is 5.82 Å². The third kappa shape index (κ3) is 3.18. The number of aromatic nitrogens is 1. The van der Waals surface area contributed by atoms with Gasteiger partial charge in [0.15, 0.2) is 5.54 Å². The fourth-order valence-electron chi connectivity index (χ4n) is 5.45. The molecule has 7 heteroatoms. The normalized spacial score (nSPS) is 28.4. The van der Waals surface area contributed by atoms with E-state index in [1.807, 2.05) is 43.3 Å². The molecular formula is C23H30N5O2+. The Bertz CT molecular complexity index is 979.